The second kappa shape index (κ2) is 9.44. The highest BCUT2D eigenvalue weighted by atomic mass is 32.1. The molecule has 0 aliphatic heterocycles. The van der Waals surface area contributed by atoms with Crippen LogP contribution >= 0.6 is 12.2 Å². The van der Waals surface area contributed by atoms with Crippen molar-refractivity contribution in [2.24, 2.45) is 0 Å². The number of halogens is 3. The molecule has 1 aromatic heterocycles. The van der Waals surface area contributed by atoms with Gasteiger partial charge < -0.3 is 20.1 Å². The first-order valence-corrected chi connectivity index (χ1v) is 10.1. The molecule has 2 N–H and O–H groups in total. The lowest BCUT2D eigenvalue weighted by atomic mass is 9.86. The molecule has 32 heavy (non-hydrogen) atoms. The molecular weight excluding hydrogens is 439 g/mol. The number of hydrogen-bond donors (Lipinski definition) is 2. The van der Waals surface area contributed by atoms with Gasteiger partial charge in [0.2, 0.25) is 5.88 Å². The Morgan fingerprint density at radius 3 is 2.25 bits per heavy atom. The standard InChI is InChI=1S/C23H22F3N3O2S/c1-22(2,3)17-7-4-5-9-19(17)30-20-18(8-6-14-27-20)29-21(32)28-15-10-12-16(13-11-15)31-23(24,25)26/h4-14H,1-3H3,(H2,28,29,32). The van der Waals surface area contributed by atoms with Crippen molar-refractivity contribution in [3.05, 3.63) is 72.4 Å². The fourth-order valence-electron chi connectivity index (χ4n) is 2.87. The van der Waals surface area contributed by atoms with Gasteiger partial charge in [0, 0.05) is 17.4 Å². The van der Waals surface area contributed by atoms with E-state index in [9.17, 15) is 13.2 Å². The van der Waals surface area contributed by atoms with E-state index in [4.69, 9.17) is 17.0 Å². The van der Waals surface area contributed by atoms with Crippen LogP contribution in [0.3, 0.4) is 0 Å². The fourth-order valence-corrected chi connectivity index (χ4v) is 3.10. The molecule has 0 saturated carbocycles. The molecule has 0 amide bonds. The van der Waals surface area contributed by atoms with Gasteiger partial charge in [0.1, 0.15) is 17.2 Å². The lowest BCUT2D eigenvalue weighted by Gasteiger charge is -2.23. The topological polar surface area (TPSA) is 55.4 Å². The molecule has 0 spiro atoms. The first-order valence-electron chi connectivity index (χ1n) is 9.67. The summed E-state index contributed by atoms with van der Waals surface area (Å²) in [6, 6.07) is 16.5. The summed E-state index contributed by atoms with van der Waals surface area (Å²) in [4.78, 5) is 4.31. The molecule has 5 nitrogen and oxygen atoms in total. The van der Waals surface area contributed by atoms with Crippen molar-refractivity contribution in [3.8, 4) is 17.4 Å². The van der Waals surface area contributed by atoms with Crippen LogP contribution in [0.15, 0.2) is 66.9 Å². The number of para-hydroxylation sites is 1. The summed E-state index contributed by atoms with van der Waals surface area (Å²) in [7, 11) is 0. The lowest BCUT2D eigenvalue weighted by molar-refractivity contribution is -0.274. The summed E-state index contributed by atoms with van der Waals surface area (Å²) in [5.41, 5.74) is 1.92. The molecule has 0 bridgehead atoms. The second-order valence-corrected chi connectivity index (χ2v) is 8.26. The number of benzene rings is 2. The van der Waals surface area contributed by atoms with Crippen molar-refractivity contribution in [1.29, 1.82) is 0 Å². The van der Waals surface area contributed by atoms with Crippen LogP contribution in [0.1, 0.15) is 26.3 Å². The Labute approximate surface area is 189 Å². The maximum absolute atomic E-state index is 12.3. The van der Waals surface area contributed by atoms with Crippen molar-refractivity contribution in [1.82, 2.24) is 4.98 Å². The molecular formula is C23H22F3N3O2S. The largest absolute Gasteiger partial charge is 0.573 e. The van der Waals surface area contributed by atoms with E-state index < -0.39 is 6.36 Å². The van der Waals surface area contributed by atoms with Crippen molar-refractivity contribution >= 4 is 28.7 Å². The Bertz CT molecular complexity index is 1080. The van der Waals surface area contributed by atoms with E-state index in [2.05, 4.69) is 41.1 Å². The van der Waals surface area contributed by atoms with Gasteiger partial charge in [-0.2, -0.15) is 0 Å². The summed E-state index contributed by atoms with van der Waals surface area (Å²) in [6.45, 7) is 6.28. The van der Waals surface area contributed by atoms with E-state index in [1.807, 2.05) is 24.3 Å². The molecule has 0 aliphatic carbocycles. The molecule has 9 heteroatoms. The Morgan fingerprint density at radius 1 is 0.906 bits per heavy atom. The van der Waals surface area contributed by atoms with Gasteiger partial charge in [0.05, 0.1) is 0 Å². The summed E-state index contributed by atoms with van der Waals surface area (Å²) >= 11 is 5.33. The predicted octanol–water partition coefficient (Wildman–Crippen LogP) is 6.88. The Morgan fingerprint density at radius 2 is 1.59 bits per heavy atom. The smallest absolute Gasteiger partial charge is 0.437 e. The number of thiocarbonyl (C=S) groups is 1. The maximum Gasteiger partial charge on any atom is 0.573 e. The third-order valence-corrected chi connectivity index (χ3v) is 4.47. The van der Waals surface area contributed by atoms with Crippen LogP contribution in [-0.4, -0.2) is 16.5 Å². The molecule has 0 saturated heterocycles. The van der Waals surface area contributed by atoms with Crippen LogP contribution < -0.4 is 20.1 Å². The van der Waals surface area contributed by atoms with Crippen LogP contribution in [0.25, 0.3) is 0 Å². The van der Waals surface area contributed by atoms with Gasteiger partial charge in [0.25, 0.3) is 0 Å². The van der Waals surface area contributed by atoms with Crippen LogP contribution in [0.4, 0.5) is 24.5 Å². The van der Waals surface area contributed by atoms with Gasteiger partial charge in [-0.25, -0.2) is 4.98 Å². The van der Waals surface area contributed by atoms with Gasteiger partial charge >= 0.3 is 6.36 Å². The van der Waals surface area contributed by atoms with Gasteiger partial charge in [-0.15, -0.1) is 13.2 Å². The number of nitrogens with zero attached hydrogens (tertiary/aromatic N) is 1. The van der Waals surface area contributed by atoms with Gasteiger partial charge in [-0.1, -0.05) is 39.0 Å². The van der Waals surface area contributed by atoms with Crippen molar-refractivity contribution in [2.45, 2.75) is 32.5 Å². The van der Waals surface area contributed by atoms with Crippen molar-refractivity contribution in [3.63, 3.8) is 0 Å². The minimum absolute atomic E-state index is 0.127. The van der Waals surface area contributed by atoms with E-state index in [-0.39, 0.29) is 16.3 Å². The minimum Gasteiger partial charge on any atom is -0.437 e. The summed E-state index contributed by atoms with van der Waals surface area (Å²) < 4.78 is 46.8. The molecule has 3 rings (SSSR count). The van der Waals surface area contributed by atoms with E-state index in [1.165, 1.54) is 24.3 Å². The second-order valence-electron chi connectivity index (χ2n) is 7.86. The third-order valence-electron chi connectivity index (χ3n) is 4.27. The fraction of sp³-hybridized carbons (Fsp3) is 0.217. The number of rotatable bonds is 5. The highest BCUT2D eigenvalue weighted by Crippen LogP contribution is 2.35. The van der Waals surface area contributed by atoms with Crippen LogP contribution in [0.5, 0.6) is 17.4 Å². The minimum atomic E-state index is -4.74. The van der Waals surface area contributed by atoms with Gasteiger partial charge in [-0.05, 0) is 60.1 Å². The third kappa shape index (κ3) is 6.58. The first kappa shape index (κ1) is 23.3. The normalized spacial score (nSPS) is 11.6. The molecule has 3 aromatic rings. The summed E-state index contributed by atoms with van der Waals surface area (Å²) in [5.74, 6) is 0.700. The quantitative estimate of drug-likeness (QED) is 0.404. The molecule has 2 aromatic carbocycles. The Hall–Kier alpha value is -3.33. The SMILES string of the molecule is CC(C)(C)c1ccccc1Oc1ncccc1NC(=S)Nc1ccc(OC(F)(F)F)cc1. The van der Waals surface area contributed by atoms with E-state index in [1.54, 1.807) is 18.3 Å². The highest BCUT2D eigenvalue weighted by Gasteiger charge is 2.31. The lowest BCUT2D eigenvalue weighted by Crippen LogP contribution is -2.20. The molecule has 1 heterocycles. The molecule has 168 valence electrons. The van der Waals surface area contributed by atoms with Crippen LogP contribution in [0, 0.1) is 0 Å². The monoisotopic (exact) mass is 461 g/mol. The maximum atomic E-state index is 12.3. The average Bonchev–Trinajstić information content (AvgIpc) is 2.69. The van der Waals surface area contributed by atoms with Crippen LogP contribution in [-0.2, 0) is 5.41 Å². The zero-order valence-corrected chi connectivity index (χ0v) is 18.5. The molecule has 0 fully saturated rings. The van der Waals surface area contributed by atoms with Gasteiger partial charge in [-0.3, -0.25) is 0 Å². The Balaban J connectivity index is 1.71. The molecule has 0 atom stereocenters. The summed E-state index contributed by atoms with van der Waals surface area (Å²) in [5, 5.41) is 6.14. The number of anilines is 2. The van der Waals surface area contributed by atoms with E-state index in [0.29, 0.717) is 23.0 Å². The number of pyridine rings is 1. The summed E-state index contributed by atoms with van der Waals surface area (Å²) in [6.07, 6.45) is -3.13. The zero-order chi connectivity index (χ0) is 23.4. The van der Waals surface area contributed by atoms with Gasteiger partial charge in [0.15, 0.2) is 5.11 Å². The number of nitrogens with one attached hydrogen (secondary N) is 2. The van der Waals surface area contributed by atoms with E-state index >= 15 is 0 Å². The number of hydrogen-bond acceptors (Lipinski definition) is 4. The number of aromatic nitrogens is 1. The van der Waals surface area contributed by atoms with E-state index in [0.717, 1.165) is 5.56 Å². The van der Waals surface area contributed by atoms with Crippen LogP contribution in [0.2, 0.25) is 0 Å². The molecule has 0 radical (unpaired) electrons. The van der Waals surface area contributed by atoms with Crippen molar-refractivity contribution < 1.29 is 22.6 Å². The number of alkyl halides is 3. The van der Waals surface area contributed by atoms with Crippen molar-refractivity contribution in [2.75, 3.05) is 10.6 Å². The molecule has 0 aliphatic rings. The first-order chi connectivity index (χ1) is 15.0. The highest BCUT2D eigenvalue weighted by molar-refractivity contribution is 7.80. The Kier molecular flexibility index (Phi) is 6.88. The average molecular weight is 462 g/mol. The predicted molar refractivity (Wildman–Crippen MR) is 122 cm³/mol. The number of ether oxygens (including phenoxy) is 2. The zero-order valence-electron chi connectivity index (χ0n) is 17.7. The molecule has 0 unspecified atom stereocenters.